The number of para-hydroxylation sites is 1. The number of carbonyl (C=O) groups is 2. The summed E-state index contributed by atoms with van der Waals surface area (Å²) in [5.41, 5.74) is 0.850. The SMILES string of the molecule is CCC(Oc1ccccc1F)C(=O)OC1CC(O)C=C2C=CC(C)C(CCC(O)CC(O)CC(=O)O)C21. The molecule has 1 aromatic rings. The van der Waals surface area contributed by atoms with Crippen molar-refractivity contribution < 1.29 is 43.9 Å². The molecule has 0 fully saturated rings. The van der Waals surface area contributed by atoms with Gasteiger partial charge in [-0.1, -0.05) is 44.2 Å². The molecule has 0 aromatic heterocycles. The number of hydrogen-bond acceptors (Lipinski definition) is 7. The molecule has 0 bridgehead atoms. The summed E-state index contributed by atoms with van der Waals surface area (Å²) >= 11 is 0. The molecule has 0 saturated carbocycles. The largest absolute Gasteiger partial charge is 0.481 e. The molecular formula is C28H37FO8. The molecule has 8 nitrogen and oxygen atoms in total. The molecule has 0 amide bonds. The standard InChI is InChI=1S/C28H37FO8/c1-3-23(36-24-7-5-4-6-22(24)29)28(35)37-25-14-19(31)12-17-9-8-16(2)21(27(17)25)11-10-18(30)13-20(32)15-26(33)34/h4-9,12,16,18-21,23,25,27,30-32H,3,10-11,13-15H2,1-2H3,(H,33,34). The van der Waals surface area contributed by atoms with Crippen LogP contribution in [0.2, 0.25) is 0 Å². The zero-order valence-electron chi connectivity index (χ0n) is 21.2. The van der Waals surface area contributed by atoms with Gasteiger partial charge in [0.05, 0.1) is 24.7 Å². The summed E-state index contributed by atoms with van der Waals surface area (Å²) in [6, 6.07) is 5.83. The summed E-state index contributed by atoms with van der Waals surface area (Å²) in [5, 5.41) is 39.5. The van der Waals surface area contributed by atoms with Crippen molar-refractivity contribution in [2.75, 3.05) is 0 Å². The summed E-state index contributed by atoms with van der Waals surface area (Å²) in [6.45, 7) is 3.77. The monoisotopic (exact) mass is 520 g/mol. The van der Waals surface area contributed by atoms with Crippen LogP contribution in [-0.2, 0) is 14.3 Å². The zero-order chi connectivity index (χ0) is 27.1. The number of carboxylic acid groups (broad SMARTS) is 1. The average molecular weight is 521 g/mol. The molecule has 2 aliphatic rings. The normalized spacial score (nSPS) is 27.4. The Balaban J connectivity index is 1.71. The maximum Gasteiger partial charge on any atom is 0.347 e. The maximum atomic E-state index is 14.1. The first-order valence-electron chi connectivity index (χ1n) is 12.9. The molecule has 9 heteroatoms. The van der Waals surface area contributed by atoms with Crippen molar-refractivity contribution in [3.63, 3.8) is 0 Å². The quantitative estimate of drug-likeness (QED) is 0.308. The molecule has 1 aromatic carbocycles. The minimum Gasteiger partial charge on any atom is -0.481 e. The average Bonchev–Trinajstić information content (AvgIpc) is 2.82. The molecular weight excluding hydrogens is 483 g/mol. The zero-order valence-corrected chi connectivity index (χ0v) is 21.2. The molecule has 37 heavy (non-hydrogen) atoms. The van der Waals surface area contributed by atoms with E-state index in [9.17, 15) is 29.3 Å². The van der Waals surface area contributed by atoms with Gasteiger partial charge in [0, 0.05) is 12.3 Å². The number of allylic oxidation sites excluding steroid dienone is 2. The van der Waals surface area contributed by atoms with E-state index in [4.69, 9.17) is 14.6 Å². The second-order valence-electron chi connectivity index (χ2n) is 10.0. The topological polar surface area (TPSA) is 134 Å². The van der Waals surface area contributed by atoms with Crippen LogP contribution in [0.4, 0.5) is 4.39 Å². The highest BCUT2D eigenvalue weighted by Crippen LogP contribution is 2.44. The molecule has 2 aliphatic carbocycles. The fraction of sp³-hybridized carbons (Fsp3) is 0.571. The molecule has 204 valence electrons. The predicted octanol–water partition coefficient (Wildman–Crippen LogP) is 3.39. The van der Waals surface area contributed by atoms with E-state index < -0.39 is 54.7 Å². The van der Waals surface area contributed by atoms with Gasteiger partial charge in [0.2, 0.25) is 0 Å². The summed E-state index contributed by atoms with van der Waals surface area (Å²) in [5.74, 6) is -2.55. The minimum atomic E-state index is -1.13. The Morgan fingerprint density at radius 3 is 2.59 bits per heavy atom. The van der Waals surface area contributed by atoms with E-state index in [0.29, 0.717) is 12.8 Å². The highest BCUT2D eigenvalue weighted by Gasteiger charge is 2.42. The van der Waals surface area contributed by atoms with Crippen molar-refractivity contribution in [2.45, 2.75) is 82.9 Å². The first-order chi connectivity index (χ1) is 17.6. The Bertz CT molecular complexity index is 992. The highest BCUT2D eigenvalue weighted by molar-refractivity contribution is 5.75. The number of esters is 1. The summed E-state index contributed by atoms with van der Waals surface area (Å²) in [4.78, 5) is 23.9. The van der Waals surface area contributed by atoms with Crippen LogP contribution in [0.1, 0.15) is 52.4 Å². The van der Waals surface area contributed by atoms with Gasteiger partial charge < -0.3 is 29.9 Å². The third-order valence-corrected chi connectivity index (χ3v) is 7.17. The van der Waals surface area contributed by atoms with Gasteiger partial charge >= 0.3 is 11.9 Å². The molecule has 0 saturated heterocycles. The molecule has 0 heterocycles. The van der Waals surface area contributed by atoms with Gasteiger partial charge in [0.15, 0.2) is 17.7 Å². The number of carbonyl (C=O) groups excluding carboxylic acids is 1. The Hall–Kier alpha value is -2.75. The van der Waals surface area contributed by atoms with E-state index in [0.717, 1.165) is 5.57 Å². The van der Waals surface area contributed by atoms with Gasteiger partial charge in [0.1, 0.15) is 6.10 Å². The van der Waals surface area contributed by atoms with E-state index in [-0.39, 0.29) is 42.8 Å². The van der Waals surface area contributed by atoms with Gasteiger partial charge in [-0.05, 0) is 55.2 Å². The molecule has 0 radical (unpaired) electrons. The van der Waals surface area contributed by atoms with Gasteiger partial charge in [0.25, 0.3) is 0 Å². The van der Waals surface area contributed by atoms with Gasteiger partial charge in [-0.3, -0.25) is 4.79 Å². The van der Waals surface area contributed by atoms with Gasteiger partial charge in [-0.25, -0.2) is 9.18 Å². The van der Waals surface area contributed by atoms with Crippen LogP contribution in [-0.4, -0.2) is 62.9 Å². The van der Waals surface area contributed by atoms with E-state index in [2.05, 4.69) is 0 Å². The fourth-order valence-electron chi connectivity index (χ4n) is 5.31. The Labute approximate surface area is 216 Å². The van der Waals surface area contributed by atoms with Crippen LogP contribution >= 0.6 is 0 Å². The number of hydrogen-bond donors (Lipinski definition) is 4. The van der Waals surface area contributed by atoms with Crippen LogP contribution in [0.5, 0.6) is 5.75 Å². The lowest BCUT2D eigenvalue weighted by Gasteiger charge is -2.43. The van der Waals surface area contributed by atoms with E-state index >= 15 is 0 Å². The molecule has 0 spiro atoms. The lowest BCUT2D eigenvalue weighted by atomic mass is 9.66. The highest BCUT2D eigenvalue weighted by atomic mass is 19.1. The number of benzene rings is 1. The van der Waals surface area contributed by atoms with Crippen LogP contribution in [0, 0.1) is 23.6 Å². The fourth-order valence-corrected chi connectivity index (χ4v) is 5.31. The Morgan fingerprint density at radius 1 is 1.19 bits per heavy atom. The number of aliphatic carboxylic acids is 1. The van der Waals surface area contributed by atoms with Crippen molar-refractivity contribution in [1.82, 2.24) is 0 Å². The van der Waals surface area contributed by atoms with Gasteiger partial charge in [-0.15, -0.1) is 0 Å². The van der Waals surface area contributed by atoms with Gasteiger partial charge in [-0.2, -0.15) is 0 Å². The minimum absolute atomic E-state index is 0.0274. The van der Waals surface area contributed by atoms with E-state index in [1.54, 1.807) is 19.1 Å². The van der Waals surface area contributed by atoms with Crippen LogP contribution in [0.3, 0.4) is 0 Å². The number of rotatable bonds is 12. The van der Waals surface area contributed by atoms with Crippen LogP contribution in [0.25, 0.3) is 0 Å². The first-order valence-corrected chi connectivity index (χ1v) is 12.9. The molecule has 3 rings (SSSR count). The summed E-state index contributed by atoms with van der Waals surface area (Å²) in [7, 11) is 0. The van der Waals surface area contributed by atoms with Crippen molar-refractivity contribution in [1.29, 1.82) is 0 Å². The second kappa shape index (κ2) is 13.2. The summed E-state index contributed by atoms with van der Waals surface area (Å²) < 4.78 is 25.6. The number of halogens is 1. The van der Waals surface area contributed by atoms with Crippen molar-refractivity contribution in [2.24, 2.45) is 17.8 Å². The van der Waals surface area contributed by atoms with E-state index in [1.807, 2.05) is 19.1 Å². The van der Waals surface area contributed by atoms with E-state index in [1.165, 1.54) is 18.2 Å². The van der Waals surface area contributed by atoms with Crippen molar-refractivity contribution in [3.8, 4) is 5.75 Å². The van der Waals surface area contributed by atoms with Crippen LogP contribution in [0.15, 0.2) is 48.1 Å². The molecule has 8 atom stereocenters. The number of fused-ring (bicyclic) bond motifs is 1. The Kier molecular flexibility index (Phi) is 10.3. The lowest BCUT2D eigenvalue weighted by molar-refractivity contribution is -0.163. The molecule has 0 aliphatic heterocycles. The summed E-state index contributed by atoms with van der Waals surface area (Å²) in [6.07, 6.45) is 2.09. The first kappa shape index (κ1) is 28.8. The molecule has 8 unspecified atom stereocenters. The Morgan fingerprint density at radius 2 is 1.92 bits per heavy atom. The third-order valence-electron chi connectivity index (χ3n) is 7.17. The van der Waals surface area contributed by atoms with Crippen molar-refractivity contribution >= 4 is 11.9 Å². The number of carboxylic acids is 1. The number of ether oxygens (including phenoxy) is 2. The smallest absolute Gasteiger partial charge is 0.347 e. The van der Waals surface area contributed by atoms with Crippen LogP contribution < -0.4 is 4.74 Å². The van der Waals surface area contributed by atoms with Crippen molar-refractivity contribution in [3.05, 3.63) is 53.9 Å². The predicted molar refractivity (Wildman–Crippen MR) is 133 cm³/mol. The maximum absolute atomic E-state index is 14.1. The lowest BCUT2D eigenvalue weighted by Crippen LogP contribution is -2.44. The number of aliphatic hydroxyl groups excluding tert-OH is 3. The molecule has 4 N–H and O–H groups in total. The third kappa shape index (κ3) is 7.87. The second-order valence-corrected chi connectivity index (χ2v) is 10.0. The number of aliphatic hydroxyl groups is 3.